The van der Waals surface area contributed by atoms with Crippen LogP contribution in [-0.2, 0) is 4.79 Å². The molecule has 0 aromatic heterocycles. The van der Waals surface area contributed by atoms with Gasteiger partial charge in [-0.05, 0) is 23.8 Å². The summed E-state index contributed by atoms with van der Waals surface area (Å²) < 4.78 is 16.3. The third-order valence-corrected chi connectivity index (χ3v) is 3.78. The van der Waals surface area contributed by atoms with Crippen LogP contribution in [-0.4, -0.2) is 24.1 Å². The highest BCUT2D eigenvalue weighted by atomic mass is 32.2. The topological polar surface area (TPSA) is 56.8 Å². The van der Waals surface area contributed by atoms with Gasteiger partial charge in [0.2, 0.25) is 12.5 Å². The fourth-order valence-electron chi connectivity index (χ4n) is 1.81. The number of benzene rings is 1. The fraction of sp³-hybridized carbons (Fsp3) is 0.167. The zero-order chi connectivity index (χ0) is 13.4. The van der Waals surface area contributed by atoms with Crippen molar-refractivity contribution in [1.82, 2.24) is 5.32 Å². The third kappa shape index (κ3) is 2.26. The second kappa shape index (κ2) is 4.75. The molecule has 1 saturated heterocycles. The quantitative estimate of drug-likeness (QED) is 0.664. The number of hydrogen-bond acceptors (Lipinski definition) is 6. The summed E-state index contributed by atoms with van der Waals surface area (Å²) in [4.78, 5) is 12.1. The molecular formula is C12H9NO4S2. The van der Waals surface area contributed by atoms with Crippen molar-refractivity contribution in [2.45, 2.75) is 0 Å². The van der Waals surface area contributed by atoms with E-state index in [-0.39, 0.29) is 12.7 Å². The minimum Gasteiger partial charge on any atom is -0.493 e. The molecule has 98 valence electrons. The number of thiocarbonyl (C=S) groups is 1. The van der Waals surface area contributed by atoms with Gasteiger partial charge < -0.3 is 19.5 Å². The third-order valence-electron chi connectivity index (χ3n) is 2.62. The number of thioether (sulfide) groups is 1. The van der Waals surface area contributed by atoms with E-state index in [0.717, 1.165) is 5.56 Å². The summed E-state index contributed by atoms with van der Waals surface area (Å²) in [6, 6.07) is 3.59. The summed E-state index contributed by atoms with van der Waals surface area (Å²) in [7, 11) is 1.56. The van der Waals surface area contributed by atoms with Crippen LogP contribution in [0.4, 0.5) is 0 Å². The van der Waals surface area contributed by atoms with Crippen LogP contribution in [0.5, 0.6) is 17.2 Å². The zero-order valence-electron chi connectivity index (χ0n) is 9.89. The van der Waals surface area contributed by atoms with Crippen LogP contribution in [0.15, 0.2) is 17.0 Å². The van der Waals surface area contributed by atoms with Crippen molar-refractivity contribution >= 4 is 40.3 Å². The standard InChI is InChI=1S/C12H9NO4S2/c1-15-7-2-6(3-8-10(7)17-5-16-8)4-9-11(14)13-12(18)19-9/h2-4H,5H2,1H3,(H,13,14,18)/b9-4-. The van der Waals surface area contributed by atoms with Gasteiger partial charge in [0, 0.05) is 0 Å². The molecule has 0 aliphatic carbocycles. The lowest BCUT2D eigenvalue weighted by Crippen LogP contribution is -2.17. The van der Waals surface area contributed by atoms with Gasteiger partial charge in [-0.2, -0.15) is 0 Å². The molecule has 1 N–H and O–H groups in total. The number of carbonyl (C=O) groups is 1. The molecule has 1 aromatic carbocycles. The number of amides is 1. The minimum atomic E-state index is -0.188. The molecule has 2 heterocycles. The molecule has 2 aliphatic rings. The number of ether oxygens (including phenoxy) is 3. The number of methoxy groups -OCH3 is 1. The predicted molar refractivity (Wildman–Crippen MR) is 75.4 cm³/mol. The number of fused-ring (bicyclic) bond motifs is 1. The molecule has 0 bridgehead atoms. The molecule has 1 amide bonds. The summed E-state index contributed by atoms with van der Waals surface area (Å²) in [5.41, 5.74) is 0.795. The molecule has 2 aliphatic heterocycles. The van der Waals surface area contributed by atoms with Crippen molar-refractivity contribution in [1.29, 1.82) is 0 Å². The Morgan fingerprint density at radius 3 is 3.00 bits per heavy atom. The molecule has 0 saturated carbocycles. The summed E-state index contributed by atoms with van der Waals surface area (Å²) in [6.45, 7) is 0.172. The predicted octanol–water partition coefficient (Wildman–Crippen LogP) is 1.91. The zero-order valence-corrected chi connectivity index (χ0v) is 11.5. The molecule has 19 heavy (non-hydrogen) atoms. The van der Waals surface area contributed by atoms with Crippen LogP contribution in [0.1, 0.15) is 5.56 Å². The number of rotatable bonds is 2. The molecule has 1 aromatic rings. The normalized spacial score (nSPS) is 18.9. The lowest BCUT2D eigenvalue weighted by Gasteiger charge is -2.06. The Morgan fingerprint density at radius 1 is 1.47 bits per heavy atom. The minimum absolute atomic E-state index is 0.172. The molecule has 0 spiro atoms. The van der Waals surface area contributed by atoms with E-state index in [1.54, 1.807) is 25.3 Å². The van der Waals surface area contributed by atoms with Crippen molar-refractivity contribution in [2.24, 2.45) is 0 Å². The van der Waals surface area contributed by atoms with Gasteiger partial charge in [0.05, 0.1) is 12.0 Å². The van der Waals surface area contributed by atoms with Gasteiger partial charge in [-0.3, -0.25) is 4.79 Å². The van der Waals surface area contributed by atoms with Gasteiger partial charge in [-0.15, -0.1) is 0 Å². The second-order valence-corrected chi connectivity index (χ2v) is 5.53. The van der Waals surface area contributed by atoms with E-state index in [1.165, 1.54) is 11.8 Å². The van der Waals surface area contributed by atoms with Crippen LogP contribution < -0.4 is 19.5 Å². The van der Waals surface area contributed by atoms with E-state index in [1.807, 2.05) is 0 Å². The summed E-state index contributed by atoms with van der Waals surface area (Å²) in [5.74, 6) is 1.58. The fourth-order valence-corrected chi connectivity index (χ4v) is 2.85. The maximum absolute atomic E-state index is 11.6. The van der Waals surface area contributed by atoms with Crippen molar-refractivity contribution in [3.8, 4) is 17.2 Å². The Kier molecular flexibility index (Phi) is 3.08. The van der Waals surface area contributed by atoms with Crippen LogP contribution in [0, 0.1) is 0 Å². The smallest absolute Gasteiger partial charge is 0.263 e. The van der Waals surface area contributed by atoms with E-state index < -0.39 is 0 Å². The monoisotopic (exact) mass is 295 g/mol. The Labute approximate surface area is 118 Å². The average Bonchev–Trinajstić information content (AvgIpc) is 2.95. The van der Waals surface area contributed by atoms with E-state index >= 15 is 0 Å². The van der Waals surface area contributed by atoms with Gasteiger partial charge in [0.25, 0.3) is 5.91 Å². The number of nitrogens with one attached hydrogen (secondary N) is 1. The Bertz CT molecular complexity index is 612. The highest BCUT2D eigenvalue weighted by Crippen LogP contribution is 2.42. The van der Waals surface area contributed by atoms with E-state index in [2.05, 4.69) is 5.32 Å². The highest BCUT2D eigenvalue weighted by molar-refractivity contribution is 8.26. The van der Waals surface area contributed by atoms with Gasteiger partial charge >= 0.3 is 0 Å². The van der Waals surface area contributed by atoms with Crippen LogP contribution in [0.2, 0.25) is 0 Å². The van der Waals surface area contributed by atoms with Crippen LogP contribution >= 0.6 is 24.0 Å². The molecular weight excluding hydrogens is 286 g/mol. The summed E-state index contributed by atoms with van der Waals surface area (Å²) in [6.07, 6.45) is 1.74. The molecule has 0 radical (unpaired) electrons. The SMILES string of the molecule is COc1cc(/C=C2\SC(=S)NC2=O)cc2c1OCO2. The van der Waals surface area contributed by atoms with E-state index in [0.29, 0.717) is 26.5 Å². The summed E-state index contributed by atoms with van der Waals surface area (Å²) >= 11 is 6.17. The Morgan fingerprint density at radius 2 is 2.32 bits per heavy atom. The second-order valence-electron chi connectivity index (χ2n) is 3.81. The van der Waals surface area contributed by atoms with Crippen molar-refractivity contribution in [3.05, 3.63) is 22.6 Å². The first-order chi connectivity index (χ1) is 9.17. The Hall–Kier alpha value is -1.73. The van der Waals surface area contributed by atoms with Gasteiger partial charge in [-0.1, -0.05) is 24.0 Å². The van der Waals surface area contributed by atoms with Crippen LogP contribution in [0.25, 0.3) is 6.08 Å². The molecule has 7 heteroatoms. The molecule has 0 unspecified atom stereocenters. The largest absolute Gasteiger partial charge is 0.493 e. The van der Waals surface area contributed by atoms with Crippen LogP contribution in [0.3, 0.4) is 0 Å². The maximum Gasteiger partial charge on any atom is 0.263 e. The maximum atomic E-state index is 11.6. The van der Waals surface area contributed by atoms with Gasteiger partial charge in [-0.25, -0.2) is 0 Å². The Balaban J connectivity index is 2.00. The van der Waals surface area contributed by atoms with Crippen molar-refractivity contribution < 1.29 is 19.0 Å². The number of carbonyl (C=O) groups excluding carboxylic acids is 1. The molecule has 3 rings (SSSR count). The van der Waals surface area contributed by atoms with Gasteiger partial charge in [0.1, 0.15) is 4.32 Å². The lowest BCUT2D eigenvalue weighted by molar-refractivity contribution is -0.115. The summed E-state index contributed by atoms with van der Waals surface area (Å²) in [5, 5.41) is 2.57. The average molecular weight is 295 g/mol. The van der Waals surface area contributed by atoms with Crippen molar-refractivity contribution in [2.75, 3.05) is 13.9 Å². The van der Waals surface area contributed by atoms with E-state index in [9.17, 15) is 4.79 Å². The first-order valence-corrected chi connectivity index (χ1v) is 6.62. The first-order valence-electron chi connectivity index (χ1n) is 5.40. The van der Waals surface area contributed by atoms with Gasteiger partial charge in [0.15, 0.2) is 11.5 Å². The van der Waals surface area contributed by atoms with E-state index in [4.69, 9.17) is 26.4 Å². The molecule has 5 nitrogen and oxygen atoms in total. The highest BCUT2D eigenvalue weighted by Gasteiger charge is 2.24. The molecule has 0 atom stereocenters. The first kappa shape index (κ1) is 12.3. The lowest BCUT2D eigenvalue weighted by atomic mass is 10.1. The number of hydrogen-bond donors (Lipinski definition) is 1. The molecule has 1 fully saturated rings. The van der Waals surface area contributed by atoms with Crippen molar-refractivity contribution in [3.63, 3.8) is 0 Å².